The molecule has 0 saturated heterocycles. The van der Waals surface area contributed by atoms with E-state index in [9.17, 15) is 9.59 Å². The molecule has 0 bridgehead atoms. The zero-order valence-electron chi connectivity index (χ0n) is 14.6. The normalized spacial score (nSPS) is 11.7. The minimum absolute atomic E-state index is 0.0916. The Bertz CT molecular complexity index is 900. The summed E-state index contributed by atoms with van der Waals surface area (Å²) in [7, 11) is 0. The Labute approximate surface area is 152 Å². The van der Waals surface area contributed by atoms with Crippen molar-refractivity contribution in [1.82, 2.24) is 5.32 Å². The number of carbonyl (C=O) groups excluding carboxylic acids is 2. The summed E-state index contributed by atoms with van der Waals surface area (Å²) in [5.74, 6) is -0.527. The maximum Gasteiger partial charge on any atom is 0.308 e. The van der Waals surface area contributed by atoms with Gasteiger partial charge in [0.1, 0.15) is 6.61 Å². The van der Waals surface area contributed by atoms with Crippen LogP contribution in [0, 0.1) is 0 Å². The molecule has 0 aromatic heterocycles. The van der Waals surface area contributed by atoms with Gasteiger partial charge in [0.2, 0.25) is 5.91 Å². The Morgan fingerprint density at radius 2 is 1.62 bits per heavy atom. The number of nitrogens with one attached hydrogen (secondary N) is 1. The number of ether oxygens (including phenoxy) is 1. The predicted octanol–water partition coefficient (Wildman–Crippen LogP) is 4.15. The highest BCUT2D eigenvalue weighted by Crippen LogP contribution is 2.21. The fourth-order valence-corrected chi connectivity index (χ4v) is 2.99. The van der Waals surface area contributed by atoms with Crippen LogP contribution in [0.5, 0.6) is 0 Å². The highest BCUT2D eigenvalue weighted by Gasteiger charge is 2.18. The number of esters is 1. The van der Waals surface area contributed by atoms with Crippen LogP contribution in [0.15, 0.2) is 72.8 Å². The SMILES string of the molecule is CC(=O)N[C@H](CC(=O)OCc1cccc2ccccc12)c1ccccc1. The lowest BCUT2D eigenvalue weighted by Gasteiger charge is -2.18. The van der Waals surface area contributed by atoms with E-state index in [1.165, 1.54) is 6.92 Å². The molecule has 0 aliphatic heterocycles. The zero-order chi connectivity index (χ0) is 18.4. The number of hydrogen-bond donors (Lipinski definition) is 1. The first-order chi connectivity index (χ1) is 12.6. The molecule has 1 amide bonds. The highest BCUT2D eigenvalue weighted by molar-refractivity contribution is 5.85. The van der Waals surface area contributed by atoms with Gasteiger partial charge in [0, 0.05) is 6.92 Å². The second-order valence-electron chi connectivity index (χ2n) is 6.17. The van der Waals surface area contributed by atoms with Gasteiger partial charge in [-0.2, -0.15) is 0 Å². The maximum atomic E-state index is 12.3. The second kappa shape index (κ2) is 8.30. The Kier molecular flexibility index (Phi) is 5.64. The Morgan fingerprint density at radius 3 is 2.38 bits per heavy atom. The average molecular weight is 347 g/mol. The molecule has 0 spiro atoms. The molecule has 132 valence electrons. The lowest BCUT2D eigenvalue weighted by atomic mass is 10.0. The molecule has 1 N–H and O–H groups in total. The van der Waals surface area contributed by atoms with Crippen LogP contribution in [-0.2, 0) is 20.9 Å². The van der Waals surface area contributed by atoms with Crippen molar-refractivity contribution in [2.24, 2.45) is 0 Å². The molecule has 0 aliphatic carbocycles. The van der Waals surface area contributed by atoms with E-state index >= 15 is 0 Å². The van der Waals surface area contributed by atoms with Gasteiger partial charge in [0.05, 0.1) is 12.5 Å². The summed E-state index contributed by atoms with van der Waals surface area (Å²) in [4.78, 5) is 23.8. The summed E-state index contributed by atoms with van der Waals surface area (Å²) in [5.41, 5.74) is 1.84. The lowest BCUT2D eigenvalue weighted by molar-refractivity contribution is -0.145. The highest BCUT2D eigenvalue weighted by atomic mass is 16.5. The van der Waals surface area contributed by atoms with Crippen LogP contribution in [0.4, 0.5) is 0 Å². The van der Waals surface area contributed by atoms with Crippen LogP contribution in [0.3, 0.4) is 0 Å². The van der Waals surface area contributed by atoms with Crippen LogP contribution < -0.4 is 5.32 Å². The number of carbonyl (C=O) groups is 2. The molecule has 3 rings (SSSR count). The van der Waals surface area contributed by atoms with Gasteiger partial charge in [-0.1, -0.05) is 72.8 Å². The number of fused-ring (bicyclic) bond motifs is 1. The minimum atomic E-state index is -0.395. The third-order valence-electron chi connectivity index (χ3n) is 4.22. The van der Waals surface area contributed by atoms with Crippen molar-refractivity contribution < 1.29 is 14.3 Å². The van der Waals surface area contributed by atoms with Gasteiger partial charge in [-0.3, -0.25) is 9.59 Å². The predicted molar refractivity (Wildman–Crippen MR) is 101 cm³/mol. The van der Waals surface area contributed by atoms with E-state index < -0.39 is 6.04 Å². The van der Waals surface area contributed by atoms with Crippen molar-refractivity contribution >= 4 is 22.6 Å². The number of rotatable bonds is 6. The third kappa shape index (κ3) is 4.48. The smallest absolute Gasteiger partial charge is 0.308 e. The summed E-state index contributed by atoms with van der Waals surface area (Å²) in [6.07, 6.45) is 0.0916. The molecule has 0 aliphatic rings. The first-order valence-electron chi connectivity index (χ1n) is 8.58. The van der Waals surface area contributed by atoms with Gasteiger partial charge in [-0.25, -0.2) is 0 Å². The standard InChI is InChI=1S/C22H21NO3/c1-16(24)23-21(18-9-3-2-4-10-18)14-22(25)26-15-19-12-7-11-17-8-5-6-13-20(17)19/h2-13,21H,14-15H2,1H3,(H,23,24)/t21-/m1/s1. The van der Waals surface area contributed by atoms with Crippen LogP contribution in [-0.4, -0.2) is 11.9 Å². The molecule has 26 heavy (non-hydrogen) atoms. The molecule has 0 saturated carbocycles. The molecule has 4 nitrogen and oxygen atoms in total. The summed E-state index contributed by atoms with van der Waals surface area (Å²) in [6, 6.07) is 23.0. The zero-order valence-corrected chi connectivity index (χ0v) is 14.6. The van der Waals surface area contributed by atoms with Crippen molar-refractivity contribution in [3.63, 3.8) is 0 Å². The van der Waals surface area contributed by atoms with Gasteiger partial charge in [0.15, 0.2) is 0 Å². The molecule has 4 heteroatoms. The molecule has 3 aromatic carbocycles. The van der Waals surface area contributed by atoms with Crippen molar-refractivity contribution in [2.45, 2.75) is 26.0 Å². The fraction of sp³-hybridized carbons (Fsp3) is 0.182. The molecule has 3 aromatic rings. The topological polar surface area (TPSA) is 55.4 Å². The lowest BCUT2D eigenvalue weighted by Crippen LogP contribution is -2.28. The van der Waals surface area contributed by atoms with E-state index in [1.54, 1.807) is 0 Å². The summed E-state index contributed by atoms with van der Waals surface area (Å²) in [6.45, 7) is 1.65. The summed E-state index contributed by atoms with van der Waals surface area (Å²) >= 11 is 0. The van der Waals surface area contributed by atoms with E-state index in [2.05, 4.69) is 5.32 Å². The van der Waals surface area contributed by atoms with Crippen molar-refractivity contribution in [3.05, 3.63) is 83.9 Å². The van der Waals surface area contributed by atoms with E-state index in [1.807, 2.05) is 72.8 Å². The van der Waals surface area contributed by atoms with Gasteiger partial charge in [-0.15, -0.1) is 0 Å². The minimum Gasteiger partial charge on any atom is -0.461 e. The van der Waals surface area contributed by atoms with Crippen LogP contribution in [0.1, 0.15) is 30.5 Å². The molecule has 1 atom stereocenters. The van der Waals surface area contributed by atoms with Crippen LogP contribution >= 0.6 is 0 Å². The summed E-state index contributed by atoms with van der Waals surface area (Å²) < 4.78 is 5.48. The monoisotopic (exact) mass is 347 g/mol. The Morgan fingerprint density at radius 1 is 0.923 bits per heavy atom. The van der Waals surface area contributed by atoms with E-state index in [0.29, 0.717) is 0 Å². The molecule has 0 heterocycles. The number of hydrogen-bond acceptors (Lipinski definition) is 3. The van der Waals surface area contributed by atoms with Crippen molar-refractivity contribution in [3.8, 4) is 0 Å². The second-order valence-corrected chi connectivity index (χ2v) is 6.17. The summed E-state index contributed by atoms with van der Waals surface area (Å²) in [5, 5.41) is 5.00. The first-order valence-corrected chi connectivity index (χ1v) is 8.58. The Hall–Kier alpha value is -3.14. The van der Waals surface area contributed by atoms with E-state index in [4.69, 9.17) is 4.74 Å². The molecule has 0 unspecified atom stereocenters. The Balaban J connectivity index is 1.67. The average Bonchev–Trinajstić information content (AvgIpc) is 2.66. The van der Waals surface area contributed by atoms with Gasteiger partial charge < -0.3 is 10.1 Å². The fourth-order valence-electron chi connectivity index (χ4n) is 2.99. The number of amides is 1. The number of benzene rings is 3. The molecule has 0 radical (unpaired) electrons. The molecular formula is C22H21NO3. The molecule has 0 fully saturated rings. The third-order valence-corrected chi connectivity index (χ3v) is 4.22. The van der Waals surface area contributed by atoms with Crippen molar-refractivity contribution in [2.75, 3.05) is 0 Å². The quantitative estimate of drug-likeness (QED) is 0.682. The maximum absolute atomic E-state index is 12.3. The van der Waals surface area contributed by atoms with Crippen LogP contribution in [0.2, 0.25) is 0 Å². The van der Waals surface area contributed by atoms with E-state index in [0.717, 1.165) is 21.9 Å². The van der Waals surface area contributed by atoms with Crippen LogP contribution in [0.25, 0.3) is 10.8 Å². The van der Waals surface area contributed by atoms with Gasteiger partial charge >= 0.3 is 5.97 Å². The molecular weight excluding hydrogens is 326 g/mol. The van der Waals surface area contributed by atoms with Gasteiger partial charge in [-0.05, 0) is 21.9 Å². The first kappa shape index (κ1) is 17.7. The largest absolute Gasteiger partial charge is 0.461 e. The van der Waals surface area contributed by atoms with Gasteiger partial charge in [0.25, 0.3) is 0 Å². The van der Waals surface area contributed by atoms with E-state index in [-0.39, 0.29) is 24.9 Å². The van der Waals surface area contributed by atoms with Crippen molar-refractivity contribution in [1.29, 1.82) is 0 Å².